The van der Waals surface area contributed by atoms with Crippen LogP contribution in [0, 0.1) is 18.2 Å². The minimum absolute atomic E-state index is 0.289. The fourth-order valence-corrected chi connectivity index (χ4v) is 3.62. The van der Waals surface area contributed by atoms with Gasteiger partial charge in [0.05, 0.1) is 22.8 Å². The predicted octanol–water partition coefficient (Wildman–Crippen LogP) is 5.80. The first kappa shape index (κ1) is 22.9. The molecule has 0 fully saturated rings. The second kappa shape index (κ2) is 8.24. The topological polar surface area (TPSA) is 59.2 Å². The molecule has 4 aromatic rings. The molecule has 0 amide bonds. The van der Waals surface area contributed by atoms with Crippen molar-refractivity contribution >= 4 is 28.2 Å². The molecule has 0 atom stereocenters. The van der Waals surface area contributed by atoms with Crippen molar-refractivity contribution in [2.24, 2.45) is 5.41 Å². The van der Waals surface area contributed by atoms with Gasteiger partial charge in [0.15, 0.2) is 0 Å². The van der Waals surface area contributed by atoms with E-state index in [4.69, 9.17) is 0 Å². The van der Waals surface area contributed by atoms with Gasteiger partial charge in [-0.15, -0.1) is 10.2 Å². The first-order valence-electron chi connectivity index (χ1n) is 10.5. The molecule has 4 heterocycles. The average molecular weight is 460 g/mol. The number of nitrogens with zero attached hydrogens (tertiary/aromatic N) is 6. The molecule has 174 valence electrons. The highest BCUT2D eigenvalue weighted by atomic mass is 19.4. The summed E-state index contributed by atoms with van der Waals surface area (Å²) in [6.07, 6.45) is 3.31. The van der Waals surface area contributed by atoms with Crippen LogP contribution in [0.1, 0.15) is 38.3 Å². The Morgan fingerprint density at radius 2 is 1.79 bits per heavy atom. The zero-order valence-electron chi connectivity index (χ0n) is 18.8. The lowest BCUT2D eigenvalue weighted by atomic mass is 9.96. The first-order chi connectivity index (χ1) is 15.5. The largest absolute Gasteiger partial charge is 0.393 e. The summed E-state index contributed by atoms with van der Waals surface area (Å²) < 4.78 is 50.4. The van der Waals surface area contributed by atoms with E-state index < -0.39 is 11.6 Å². The lowest BCUT2D eigenvalue weighted by molar-refractivity contribution is -0.204. The minimum Gasteiger partial charge on any atom is -0.324 e. The molecular formula is C23H24F4N6. The fourth-order valence-electron chi connectivity index (χ4n) is 3.62. The Balaban J connectivity index is 0.000000281. The normalized spacial score (nSPS) is 14.2. The van der Waals surface area contributed by atoms with Crippen LogP contribution in [0.4, 0.5) is 29.1 Å². The average Bonchev–Trinajstić information content (AvgIpc) is 3.21. The number of alkyl halides is 3. The molecule has 5 rings (SSSR count). The van der Waals surface area contributed by atoms with Gasteiger partial charge in [0.25, 0.3) is 5.78 Å². The lowest BCUT2D eigenvalue weighted by Gasteiger charge is -2.31. The molecule has 1 aromatic carbocycles. The molecule has 0 aliphatic carbocycles. The Kier molecular flexibility index (Phi) is 5.71. The smallest absolute Gasteiger partial charge is 0.324 e. The SMILES string of the molecule is CC(C)(C)C(F)(F)F.Cc1cncc2c1CCCN2c1nc2nncn2c2ccc(F)cc12. The number of benzene rings is 1. The Labute approximate surface area is 188 Å². The number of hydrogen-bond donors (Lipinski definition) is 0. The molecule has 0 radical (unpaired) electrons. The van der Waals surface area contributed by atoms with Gasteiger partial charge in [-0.25, -0.2) is 4.39 Å². The van der Waals surface area contributed by atoms with E-state index in [9.17, 15) is 17.6 Å². The summed E-state index contributed by atoms with van der Waals surface area (Å²) in [6.45, 7) is 6.32. The fraction of sp³-hybridized carbons (Fsp3) is 0.391. The highest BCUT2D eigenvalue weighted by molar-refractivity contribution is 5.94. The number of anilines is 2. The van der Waals surface area contributed by atoms with E-state index in [-0.39, 0.29) is 5.82 Å². The third-order valence-electron chi connectivity index (χ3n) is 5.65. The summed E-state index contributed by atoms with van der Waals surface area (Å²) >= 11 is 0. The molecule has 6 nitrogen and oxygen atoms in total. The van der Waals surface area contributed by atoms with E-state index in [2.05, 4.69) is 32.0 Å². The van der Waals surface area contributed by atoms with Gasteiger partial charge in [0.1, 0.15) is 18.0 Å². The van der Waals surface area contributed by atoms with Crippen molar-refractivity contribution in [2.75, 3.05) is 11.4 Å². The van der Waals surface area contributed by atoms with Crippen LogP contribution in [0.3, 0.4) is 0 Å². The molecule has 3 aromatic heterocycles. The Hall–Kier alpha value is -3.30. The van der Waals surface area contributed by atoms with Crippen molar-refractivity contribution in [1.82, 2.24) is 24.6 Å². The molecular weight excluding hydrogens is 436 g/mol. The van der Waals surface area contributed by atoms with Gasteiger partial charge < -0.3 is 4.90 Å². The van der Waals surface area contributed by atoms with Crippen molar-refractivity contribution in [3.8, 4) is 0 Å². The minimum atomic E-state index is -4.06. The molecule has 1 aliphatic heterocycles. The molecule has 1 aliphatic rings. The van der Waals surface area contributed by atoms with Gasteiger partial charge in [-0.1, -0.05) is 20.8 Å². The number of fused-ring (bicyclic) bond motifs is 4. The van der Waals surface area contributed by atoms with Crippen LogP contribution in [0.15, 0.2) is 36.9 Å². The Morgan fingerprint density at radius 1 is 1.06 bits per heavy atom. The molecule has 0 bridgehead atoms. The first-order valence-corrected chi connectivity index (χ1v) is 10.5. The van der Waals surface area contributed by atoms with Gasteiger partial charge in [-0.2, -0.15) is 18.2 Å². The number of hydrogen-bond acceptors (Lipinski definition) is 5. The molecule has 0 saturated carbocycles. The molecule has 0 spiro atoms. The van der Waals surface area contributed by atoms with E-state index in [1.165, 1.54) is 23.3 Å². The van der Waals surface area contributed by atoms with Gasteiger partial charge >= 0.3 is 6.18 Å². The number of rotatable bonds is 1. The number of aromatic nitrogens is 5. The molecule has 0 saturated heterocycles. The summed E-state index contributed by atoms with van der Waals surface area (Å²) in [4.78, 5) is 11.1. The van der Waals surface area contributed by atoms with Gasteiger partial charge in [-0.3, -0.25) is 9.38 Å². The van der Waals surface area contributed by atoms with Crippen LogP contribution < -0.4 is 4.90 Å². The van der Waals surface area contributed by atoms with E-state index in [1.54, 1.807) is 16.8 Å². The van der Waals surface area contributed by atoms with Crippen LogP contribution in [0.2, 0.25) is 0 Å². The van der Waals surface area contributed by atoms with E-state index in [1.807, 2.05) is 12.4 Å². The summed E-state index contributed by atoms with van der Waals surface area (Å²) in [7, 11) is 0. The van der Waals surface area contributed by atoms with Crippen LogP contribution in [0.25, 0.3) is 16.7 Å². The van der Waals surface area contributed by atoms with Crippen molar-refractivity contribution in [3.05, 3.63) is 53.9 Å². The van der Waals surface area contributed by atoms with Crippen molar-refractivity contribution in [2.45, 2.75) is 46.7 Å². The quantitative estimate of drug-likeness (QED) is 0.336. The zero-order valence-corrected chi connectivity index (χ0v) is 18.8. The maximum atomic E-state index is 14.0. The number of halogens is 4. The van der Waals surface area contributed by atoms with Crippen LogP contribution in [-0.2, 0) is 6.42 Å². The van der Waals surface area contributed by atoms with Crippen LogP contribution in [0.5, 0.6) is 0 Å². The summed E-state index contributed by atoms with van der Waals surface area (Å²) in [6, 6.07) is 4.71. The lowest BCUT2D eigenvalue weighted by Crippen LogP contribution is -2.28. The Bertz CT molecular complexity index is 1290. The standard InChI is InChI=1S/C18H15FN6.C5H9F3/c1-11-8-20-9-16-13(11)3-2-6-24(16)17-14-7-12(19)4-5-15(14)25-10-21-23-18(25)22-17;1-4(2,3)5(6,7)8/h4-5,7-10H,2-3,6H2,1H3;1-3H3. The zero-order chi connectivity index (χ0) is 24.0. The Morgan fingerprint density at radius 3 is 2.48 bits per heavy atom. The van der Waals surface area contributed by atoms with E-state index in [0.717, 1.165) is 56.7 Å². The number of pyridine rings is 1. The molecule has 0 N–H and O–H groups in total. The van der Waals surface area contributed by atoms with Crippen molar-refractivity contribution in [3.63, 3.8) is 0 Å². The summed E-state index contributed by atoms with van der Waals surface area (Å²) in [5, 5.41) is 8.77. The van der Waals surface area contributed by atoms with Gasteiger partial charge in [0, 0.05) is 18.1 Å². The second-order valence-corrected chi connectivity index (χ2v) is 9.05. The van der Waals surface area contributed by atoms with Crippen LogP contribution >= 0.6 is 0 Å². The molecule has 0 unspecified atom stereocenters. The van der Waals surface area contributed by atoms with Gasteiger partial charge in [0.2, 0.25) is 0 Å². The van der Waals surface area contributed by atoms with E-state index in [0.29, 0.717) is 11.6 Å². The maximum Gasteiger partial charge on any atom is 0.393 e. The van der Waals surface area contributed by atoms with Crippen LogP contribution in [-0.4, -0.2) is 37.3 Å². The van der Waals surface area contributed by atoms with Gasteiger partial charge in [-0.05, 0) is 49.1 Å². The van der Waals surface area contributed by atoms with Crippen molar-refractivity contribution < 1.29 is 17.6 Å². The number of aryl methyl sites for hydroxylation is 1. The molecule has 10 heteroatoms. The summed E-state index contributed by atoms with van der Waals surface area (Å²) in [5.41, 5.74) is 2.75. The maximum absolute atomic E-state index is 14.0. The predicted molar refractivity (Wildman–Crippen MR) is 118 cm³/mol. The van der Waals surface area contributed by atoms with E-state index >= 15 is 0 Å². The third kappa shape index (κ3) is 4.34. The highest BCUT2D eigenvalue weighted by Gasteiger charge is 2.42. The van der Waals surface area contributed by atoms with Crippen molar-refractivity contribution in [1.29, 1.82) is 0 Å². The summed E-state index contributed by atoms with van der Waals surface area (Å²) in [5.74, 6) is 0.910. The molecule has 33 heavy (non-hydrogen) atoms. The second-order valence-electron chi connectivity index (χ2n) is 9.05. The monoisotopic (exact) mass is 460 g/mol. The highest BCUT2D eigenvalue weighted by Crippen LogP contribution is 2.37. The third-order valence-corrected chi connectivity index (χ3v) is 5.65.